The molecule has 0 saturated heterocycles. The molecule has 0 aromatic heterocycles. The predicted molar refractivity (Wildman–Crippen MR) is 73.7 cm³/mol. The van der Waals surface area contributed by atoms with Gasteiger partial charge in [0.2, 0.25) is 5.91 Å². The first kappa shape index (κ1) is 14.5. The maximum Gasteiger partial charge on any atom is 0.241 e. The lowest BCUT2D eigenvalue weighted by atomic mass is 10.1. The van der Waals surface area contributed by atoms with Crippen LogP contribution in [0.3, 0.4) is 0 Å². The standard InChI is InChI=1S/C14H22N2O2/c1-4-5-6-11(15)14(18)16-12-8-7-9(2)13(17)10(12)3/h7-8,11,17H,4-6,15H2,1-3H3,(H,16,18). The van der Waals surface area contributed by atoms with Crippen molar-refractivity contribution in [3.8, 4) is 5.75 Å². The van der Waals surface area contributed by atoms with Gasteiger partial charge in [0.25, 0.3) is 0 Å². The van der Waals surface area contributed by atoms with Crippen LogP contribution in [-0.2, 0) is 4.79 Å². The van der Waals surface area contributed by atoms with Crippen molar-refractivity contribution in [1.82, 2.24) is 0 Å². The van der Waals surface area contributed by atoms with E-state index in [1.54, 1.807) is 19.1 Å². The SMILES string of the molecule is CCCCC(N)C(=O)Nc1ccc(C)c(O)c1C. The van der Waals surface area contributed by atoms with E-state index >= 15 is 0 Å². The first-order valence-electron chi connectivity index (χ1n) is 6.33. The summed E-state index contributed by atoms with van der Waals surface area (Å²) in [5, 5.41) is 12.6. The zero-order valence-corrected chi connectivity index (χ0v) is 11.3. The van der Waals surface area contributed by atoms with Gasteiger partial charge in [-0.05, 0) is 31.9 Å². The molecule has 0 heterocycles. The Morgan fingerprint density at radius 2 is 2.11 bits per heavy atom. The molecule has 1 amide bonds. The van der Waals surface area contributed by atoms with Crippen LogP contribution in [0.15, 0.2) is 12.1 Å². The Labute approximate surface area is 108 Å². The quantitative estimate of drug-likeness (QED) is 0.751. The third kappa shape index (κ3) is 3.47. The van der Waals surface area contributed by atoms with Crippen LogP contribution in [0.2, 0.25) is 0 Å². The Balaban J connectivity index is 2.73. The predicted octanol–water partition coefficient (Wildman–Crippen LogP) is 2.47. The molecular weight excluding hydrogens is 228 g/mol. The number of phenolic OH excluding ortho intramolecular Hbond substituents is 1. The highest BCUT2D eigenvalue weighted by Crippen LogP contribution is 2.28. The number of aromatic hydroxyl groups is 1. The average Bonchev–Trinajstić information content (AvgIpc) is 2.36. The molecule has 100 valence electrons. The van der Waals surface area contributed by atoms with Gasteiger partial charge in [0.1, 0.15) is 5.75 Å². The monoisotopic (exact) mass is 250 g/mol. The summed E-state index contributed by atoms with van der Waals surface area (Å²) < 4.78 is 0. The third-order valence-corrected chi connectivity index (χ3v) is 3.10. The van der Waals surface area contributed by atoms with Crippen molar-refractivity contribution >= 4 is 11.6 Å². The van der Waals surface area contributed by atoms with Gasteiger partial charge < -0.3 is 16.2 Å². The van der Waals surface area contributed by atoms with Crippen LogP contribution in [0.25, 0.3) is 0 Å². The number of rotatable bonds is 5. The number of nitrogens with one attached hydrogen (secondary N) is 1. The fourth-order valence-corrected chi connectivity index (χ4v) is 1.75. The van der Waals surface area contributed by atoms with E-state index in [9.17, 15) is 9.90 Å². The number of aryl methyl sites for hydroxylation is 1. The van der Waals surface area contributed by atoms with Crippen molar-refractivity contribution in [2.75, 3.05) is 5.32 Å². The average molecular weight is 250 g/mol. The van der Waals surface area contributed by atoms with Crippen LogP contribution < -0.4 is 11.1 Å². The van der Waals surface area contributed by atoms with Crippen molar-refractivity contribution in [1.29, 1.82) is 0 Å². The highest BCUT2D eigenvalue weighted by molar-refractivity contribution is 5.95. The first-order chi connectivity index (χ1) is 8.47. The lowest BCUT2D eigenvalue weighted by molar-refractivity contribution is -0.117. The molecule has 1 rings (SSSR count). The molecule has 18 heavy (non-hydrogen) atoms. The molecule has 0 saturated carbocycles. The molecule has 0 fully saturated rings. The summed E-state index contributed by atoms with van der Waals surface area (Å²) in [5.41, 5.74) is 7.88. The molecule has 4 nitrogen and oxygen atoms in total. The minimum atomic E-state index is -0.493. The minimum Gasteiger partial charge on any atom is -0.507 e. The van der Waals surface area contributed by atoms with Crippen molar-refractivity contribution in [3.63, 3.8) is 0 Å². The van der Waals surface area contributed by atoms with Gasteiger partial charge >= 0.3 is 0 Å². The number of carbonyl (C=O) groups is 1. The van der Waals surface area contributed by atoms with Crippen LogP contribution in [0.4, 0.5) is 5.69 Å². The molecule has 0 bridgehead atoms. The first-order valence-corrected chi connectivity index (χ1v) is 6.33. The Hall–Kier alpha value is -1.55. The van der Waals surface area contributed by atoms with E-state index in [0.717, 1.165) is 18.4 Å². The number of hydrogen-bond donors (Lipinski definition) is 3. The van der Waals surface area contributed by atoms with Crippen molar-refractivity contribution < 1.29 is 9.90 Å². The highest BCUT2D eigenvalue weighted by atomic mass is 16.3. The number of anilines is 1. The Bertz CT molecular complexity index is 430. The summed E-state index contributed by atoms with van der Waals surface area (Å²) in [4.78, 5) is 11.8. The second-order valence-electron chi connectivity index (χ2n) is 4.64. The van der Waals surface area contributed by atoms with Crippen molar-refractivity contribution in [2.24, 2.45) is 5.73 Å². The van der Waals surface area contributed by atoms with Gasteiger partial charge in [-0.2, -0.15) is 0 Å². The van der Waals surface area contributed by atoms with Gasteiger partial charge in [0.05, 0.1) is 6.04 Å². The van der Waals surface area contributed by atoms with Gasteiger partial charge in [-0.15, -0.1) is 0 Å². The fourth-order valence-electron chi connectivity index (χ4n) is 1.75. The zero-order chi connectivity index (χ0) is 13.7. The number of phenols is 1. The zero-order valence-electron chi connectivity index (χ0n) is 11.3. The van der Waals surface area contributed by atoms with Gasteiger partial charge in [-0.25, -0.2) is 0 Å². The van der Waals surface area contributed by atoms with Crippen molar-refractivity contribution in [2.45, 2.75) is 46.1 Å². The van der Waals surface area contributed by atoms with Crippen LogP contribution in [0.1, 0.15) is 37.3 Å². The van der Waals surface area contributed by atoms with E-state index in [1.807, 2.05) is 6.92 Å². The summed E-state index contributed by atoms with van der Waals surface area (Å²) in [6, 6.07) is 3.07. The van der Waals surface area contributed by atoms with Gasteiger partial charge in [0, 0.05) is 11.3 Å². The van der Waals surface area contributed by atoms with E-state index in [4.69, 9.17) is 5.73 Å². The smallest absolute Gasteiger partial charge is 0.241 e. The lowest BCUT2D eigenvalue weighted by Crippen LogP contribution is -2.35. The molecule has 0 spiro atoms. The fraction of sp³-hybridized carbons (Fsp3) is 0.500. The molecule has 4 N–H and O–H groups in total. The van der Waals surface area contributed by atoms with E-state index in [0.29, 0.717) is 17.7 Å². The highest BCUT2D eigenvalue weighted by Gasteiger charge is 2.15. The van der Waals surface area contributed by atoms with E-state index in [2.05, 4.69) is 12.2 Å². The summed E-state index contributed by atoms with van der Waals surface area (Å²) in [6.45, 7) is 5.66. The van der Waals surface area contributed by atoms with Crippen LogP contribution in [-0.4, -0.2) is 17.1 Å². The number of nitrogens with two attached hydrogens (primary N) is 1. The molecule has 0 aliphatic carbocycles. The lowest BCUT2D eigenvalue weighted by Gasteiger charge is -2.14. The third-order valence-electron chi connectivity index (χ3n) is 3.10. The summed E-state index contributed by atoms with van der Waals surface area (Å²) in [5.74, 6) is 0.0183. The van der Waals surface area contributed by atoms with Gasteiger partial charge in [0.15, 0.2) is 0 Å². The molecular formula is C14H22N2O2. The number of unbranched alkanes of at least 4 members (excludes halogenated alkanes) is 1. The summed E-state index contributed by atoms with van der Waals surface area (Å²) in [6.07, 6.45) is 2.64. The molecule has 0 aliphatic rings. The second-order valence-corrected chi connectivity index (χ2v) is 4.64. The topological polar surface area (TPSA) is 75.4 Å². The number of hydrogen-bond acceptors (Lipinski definition) is 3. The Morgan fingerprint density at radius 3 is 2.72 bits per heavy atom. The Kier molecular flexibility index (Phi) is 5.16. The largest absolute Gasteiger partial charge is 0.507 e. The normalized spacial score (nSPS) is 12.2. The molecule has 0 aliphatic heterocycles. The maximum absolute atomic E-state index is 11.8. The van der Waals surface area contributed by atoms with Crippen LogP contribution in [0.5, 0.6) is 5.75 Å². The molecule has 1 atom stereocenters. The van der Waals surface area contributed by atoms with E-state index < -0.39 is 6.04 Å². The van der Waals surface area contributed by atoms with Crippen molar-refractivity contribution in [3.05, 3.63) is 23.3 Å². The van der Waals surface area contributed by atoms with E-state index in [-0.39, 0.29) is 11.7 Å². The van der Waals surface area contributed by atoms with Gasteiger partial charge in [-0.3, -0.25) is 4.79 Å². The molecule has 1 unspecified atom stereocenters. The molecule has 4 heteroatoms. The second kappa shape index (κ2) is 6.40. The van der Waals surface area contributed by atoms with Crippen LogP contribution in [0, 0.1) is 13.8 Å². The number of carbonyl (C=O) groups excluding carboxylic acids is 1. The Morgan fingerprint density at radius 1 is 1.44 bits per heavy atom. The minimum absolute atomic E-state index is 0.199. The number of benzene rings is 1. The number of amides is 1. The molecule has 1 aromatic rings. The summed E-state index contributed by atoms with van der Waals surface area (Å²) in [7, 11) is 0. The summed E-state index contributed by atoms with van der Waals surface area (Å²) >= 11 is 0. The van der Waals surface area contributed by atoms with Gasteiger partial charge in [-0.1, -0.05) is 25.8 Å². The maximum atomic E-state index is 11.8. The molecule has 1 aromatic carbocycles. The molecule has 0 radical (unpaired) electrons. The van der Waals surface area contributed by atoms with E-state index in [1.165, 1.54) is 0 Å². The van der Waals surface area contributed by atoms with Crippen LogP contribution >= 0.6 is 0 Å².